The van der Waals surface area contributed by atoms with Crippen molar-refractivity contribution in [3.8, 4) is 0 Å². The van der Waals surface area contributed by atoms with Gasteiger partial charge in [0.15, 0.2) is 0 Å². The predicted octanol–water partition coefficient (Wildman–Crippen LogP) is 5.24. The highest BCUT2D eigenvalue weighted by Gasteiger charge is 2.36. The lowest BCUT2D eigenvalue weighted by molar-refractivity contribution is -0.145. The van der Waals surface area contributed by atoms with E-state index in [2.05, 4.69) is 48.9 Å². The molecule has 2 aromatic carbocycles. The molecule has 1 atom stereocenters. The highest BCUT2D eigenvalue weighted by Crippen LogP contribution is 2.39. The fourth-order valence-corrected chi connectivity index (χ4v) is 4.45. The lowest BCUT2D eigenvalue weighted by atomic mass is 9.92. The van der Waals surface area contributed by atoms with Crippen molar-refractivity contribution in [2.24, 2.45) is 0 Å². The summed E-state index contributed by atoms with van der Waals surface area (Å²) in [6, 6.07) is 15.6. The van der Waals surface area contributed by atoms with Gasteiger partial charge in [-0.1, -0.05) is 74.7 Å². The summed E-state index contributed by atoms with van der Waals surface area (Å²) in [6.07, 6.45) is 2.68. The Labute approximate surface area is 158 Å². The molecular weight excluding hydrogens is 434 g/mol. The number of carboxylic acids is 1. The molecule has 1 aliphatic heterocycles. The average molecular weight is 453 g/mol. The van der Waals surface area contributed by atoms with Gasteiger partial charge in [-0.3, -0.25) is 9.69 Å². The number of rotatable bonds is 4. The minimum atomic E-state index is -0.737. The van der Waals surface area contributed by atoms with E-state index in [0.717, 1.165) is 39.5 Å². The van der Waals surface area contributed by atoms with Crippen molar-refractivity contribution in [3.63, 3.8) is 0 Å². The van der Waals surface area contributed by atoms with Crippen LogP contribution in [0.2, 0.25) is 0 Å². The molecule has 3 rings (SSSR count). The Morgan fingerprint density at radius 2 is 1.54 bits per heavy atom. The zero-order chi connectivity index (χ0) is 17.1. The lowest BCUT2D eigenvalue weighted by Crippen LogP contribution is -2.47. The Hall–Kier alpha value is -1.17. The molecule has 1 N–H and O–H groups in total. The molecule has 1 heterocycles. The number of piperidine rings is 1. The minimum Gasteiger partial charge on any atom is -0.480 e. The fraction of sp³-hybridized carbons (Fsp3) is 0.316. The molecule has 0 aliphatic carbocycles. The number of carboxylic acid groups (broad SMARTS) is 1. The van der Waals surface area contributed by atoms with E-state index in [0.29, 0.717) is 6.42 Å². The van der Waals surface area contributed by atoms with Crippen LogP contribution in [0.5, 0.6) is 0 Å². The second-order valence-electron chi connectivity index (χ2n) is 6.03. The SMILES string of the molecule is O=C(O)C1CCCCN1C(c1ccccc1Br)c1ccccc1Br. The van der Waals surface area contributed by atoms with Crippen molar-refractivity contribution in [2.45, 2.75) is 31.3 Å². The maximum Gasteiger partial charge on any atom is 0.320 e. The van der Waals surface area contributed by atoms with Crippen LogP contribution in [0.4, 0.5) is 0 Å². The van der Waals surface area contributed by atoms with Crippen LogP contribution in [0.1, 0.15) is 36.4 Å². The molecule has 1 unspecified atom stereocenters. The first-order chi connectivity index (χ1) is 11.6. The van der Waals surface area contributed by atoms with Gasteiger partial charge in [0, 0.05) is 8.95 Å². The molecule has 126 valence electrons. The fourth-order valence-electron chi connectivity index (χ4n) is 3.45. The summed E-state index contributed by atoms with van der Waals surface area (Å²) < 4.78 is 2.00. The van der Waals surface area contributed by atoms with Gasteiger partial charge in [0.25, 0.3) is 0 Å². The molecule has 0 amide bonds. The van der Waals surface area contributed by atoms with Crippen LogP contribution in [0.3, 0.4) is 0 Å². The summed E-state index contributed by atoms with van der Waals surface area (Å²) >= 11 is 7.31. The number of benzene rings is 2. The topological polar surface area (TPSA) is 40.5 Å². The maximum atomic E-state index is 11.8. The van der Waals surface area contributed by atoms with Crippen molar-refractivity contribution in [3.05, 3.63) is 68.6 Å². The monoisotopic (exact) mass is 451 g/mol. The number of aliphatic carboxylic acids is 1. The molecule has 1 fully saturated rings. The molecule has 5 heteroatoms. The Bertz CT molecular complexity index is 689. The number of hydrogen-bond donors (Lipinski definition) is 1. The third-order valence-electron chi connectivity index (χ3n) is 4.56. The first-order valence-corrected chi connectivity index (χ1v) is 9.65. The van der Waals surface area contributed by atoms with E-state index in [1.807, 2.05) is 36.4 Å². The van der Waals surface area contributed by atoms with Crippen LogP contribution in [-0.4, -0.2) is 28.6 Å². The second-order valence-corrected chi connectivity index (χ2v) is 7.74. The molecule has 0 saturated carbocycles. The van der Waals surface area contributed by atoms with E-state index in [-0.39, 0.29) is 6.04 Å². The molecule has 0 aromatic heterocycles. The van der Waals surface area contributed by atoms with Crippen LogP contribution in [0, 0.1) is 0 Å². The quantitative estimate of drug-likeness (QED) is 0.689. The average Bonchev–Trinajstić information content (AvgIpc) is 2.59. The van der Waals surface area contributed by atoms with Gasteiger partial charge < -0.3 is 5.11 Å². The number of hydrogen-bond acceptors (Lipinski definition) is 2. The van der Waals surface area contributed by atoms with E-state index >= 15 is 0 Å². The first-order valence-electron chi connectivity index (χ1n) is 8.07. The zero-order valence-electron chi connectivity index (χ0n) is 13.2. The Morgan fingerprint density at radius 1 is 1.00 bits per heavy atom. The van der Waals surface area contributed by atoms with Crippen molar-refractivity contribution in [1.82, 2.24) is 4.90 Å². The molecule has 0 bridgehead atoms. The summed E-state index contributed by atoms with van der Waals surface area (Å²) in [6.45, 7) is 0.782. The summed E-state index contributed by atoms with van der Waals surface area (Å²) in [5, 5.41) is 9.72. The smallest absolute Gasteiger partial charge is 0.320 e. The van der Waals surface area contributed by atoms with Crippen LogP contribution in [-0.2, 0) is 4.79 Å². The summed E-state index contributed by atoms with van der Waals surface area (Å²) in [4.78, 5) is 14.0. The third kappa shape index (κ3) is 3.58. The van der Waals surface area contributed by atoms with E-state index in [1.165, 1.54) is 0 Å². The predicted molar refractivity (Wildman–Crippen MR) is 102 cm³/mol. The Kier molecular flexibility index (Phi) is 5.74. The van der Waals surface area contributed by atoms with Crippen molar-refractivity contribution in [1.29, 1.82) is 0 Å². The summed E-state index contributed by atoms with van der Waals surface area (Å²) in [5.41, 5.74) is 2.19. The van der Waals surface area contributed by atoms with Gasteiger partial charge >= 0.3 is 5.97 Å². The van der Waals surface area contributed by atoms with Crippen LogP contribution >= 0.6 is 31.9 Å². The molecule has 24 heavy (non-hydrogen) atoms. The highest BCUT2D eigenvalue weighted by atomic mass is 79.9. The van der Waals surface area contributed by atoms with E-state index in [9.17, 15) is 9.90 Å². The van der Waals surface area contributed by atoms with E-state index in [1.54, 1.807) is 0 Å². The van der Waals surface area contributed by atoms with Crippen LogP contribution < -0.4 is 0 Å². The molecule has 2 aromatic rings. The normalized spacial score (nSPS) is 18.7. The van der Waals surface area contributed by atoms with Crippen LogP contribution in [0.25, 0.3) is 0 Å². The Balaban J connectivity index is 2.13. The van der Waals surface area contributed by atoms with Gasteiger partial charge in [-0.25, -0.2) is 0 Å². The van der Waals surface area contributed by atoms with Crippen molar-refractivity contribution < 1.29 is 9.90 Å². The zero-order valence-corrected chi connectivity index (χ0v) is 16.3. The van der Waals surface area contributed by atoms with Crippen molar-refractivity contribution >= 4 is 37.8 Å². The highest BCUT2D eigenvalue weighted by molar-refractivity contribution is 9.10. The van der Waals surface area contributed by atoms with Gasteiger partial charge in [-0.05, 0) is 42.6 Å². The van der Waals surface area contributed by atoms with Gasteiger partial charge in [0.1, 0.15) is 6.04 Å². The molecule has 1 aliphatic rings. The van der Waals surface area contributed by atoms with Gasteiger partial charge in [-0.15, -0.1) is 0 Å². The molecular formula is C19H19Br2NO2. The second kappa shape index (κ2) is 7.81. The number of halogens is 2. The summed E-state index contributed by atoms with van der Waals surface area (Å²) in [7, 11) is 0. The molecule has 3 nitrogen and oxygen atoms in total. The third-order valence-corrected chi connectivity index (χ3v) is 6.00. The van der Waals surface area contributed by atoms with Crippen LogP contribution in [0.15, 0.2) is 57.5 Å². The Morgan fingerprint density at radius 3 is 2.04 bits per heavy atom. The lowest BCUT2D eigenvalue weighted by Gasteiger charge is -2.40. The maximum absolute atomic E-state index is 11.8. The summed E-state index contributed by atoms with van der Waals surface area (Å²) in [5.74, 6) is -0.737. The molecule has 1 saturated heterocycles. The van der Waals surface area contributed by atoms with E-state index < -0.39 is 12.0 Å². The van der Waals surface area contributed by atoms with Gasteiger partial charge in [0.05, 0.1) is 6.04 Å². The minimum absolute atomic E-state index is 0.0995. The molecule has 0 spiro atoms. The van der Waals surface area contributed by atoms with Crippen molar-refractivity contribution in [2.75, 3.05) is 6.54 Å². The number of carbonyl (C=O) groups is 1. The number of likely N-dealkylation sites (tertiary alicyclic amines) is 1. The van der Waals surface area contributed by atoms with Gasteiger partial charge in [0.2, 0.25) is 0 Å². The van der Waals surface area contributed by atoms with Gasteiger partial charge in [-0.2, -0.15) is 0 Å². The van der Waals surface area contributed by atoms with E-state index in [4.69, 9.17) is 0 Å². The standard InChI is InChI=1S/C19H19Br2NO2/c20-15-9-3-1-7-13(15)18(14-8-2-4-10-16(14)21)22-12-6-5-11-17(22)19(23)24/h1-4,7-10,17-18H,5-6,11-12H2,(H,23,24). The molecule has 0 radical (unpaired) electrons. The largest absolute Gasteiger partial charge is 0.480 e. The number of nitrogens with zero attached hydrogens (tertiary/aromatic N) is 1. The first kappa shape index (κ1) is 17.6.